The van der Waals surface area contributed by atoms with E-state index in [0.717, 1.165) is 6.42 Å². The Morgan fingerprint density at radius 2 is 1.94 bits per heavy atom. The van der Waals surface area contributed by atoms with Gasteiger partial charge in [-0.25, -0.2) is 0 Å². The zero-order valence-electron chi connectivity index (χ0n) is 10.0. The van der Waals surface area contributed by atoms with Crippen LogP contribution in [0, 0.1) is 0 Å². The van der Waals surface area contributed by atoms with Gasteiger partial charge in [-0.05, 0) is 25.3 Å². The number of unbranched alkanes of at least 4 members (excludes halogenated alkanes) is 3. The zero-order valence-corrected chi connectivity index (χ0v) is 10.0. The molecule has 1 N–H and O–H groups in total. The number of carbonyl (C=O) groups is 1. The number of carbonyl (C=O) groups excluding carboxylic acids is 1. The van der Waals surface area contributed by atoms with E-state index in [4.69, 9.17) is 0 Å². The summed E-state index contributed by atoms with van der Waals surface area (Å²) in [6.45, 7) is 2.19. The molecule has 0 amide bonds. The topological polar surface area (TPSA) is 37.3 Å². The van der Waals surface area contributed by atoms with Crippen LogP contribution >= 0.6 is 0 Å². The van der Waals surface area contributed by atoms with Crippen molar-refractivity contribution in [2.75, 3.05) is 0 Å². The molecule has 0 saturated heterocycles. The van der Waals surface area contributed by atoms with Crippen molar-refractivity contribution in [3.63, 3.8) is 0 Å². The van der Waals surface area contributed by atoms with Crippen LogP contribution in [0.2, 0.25) is 0 Å². The first-order valence-electron chi connectivity index (χ1n) is 5.93. The molecule has 0 radical (unpaired) electrons. The van der Waals surface area contributed by atoms with E-state index in [0.29, 0.717) is 12.7 Å². The van der Waals surface area contributed by atoms with Crippen molar-refractivity contribution in [3.05, 3.63) is 36.5 Å². The molecule has 0 unspecified atom stereocenters. The molecule has 0 fully saturated rings. The predicted octanol–water partition coefficient (Wildman–Crippen LogP) is 3.19. The summed E-state index contributed by atoms with van der Waals surface area (Å²) in [5.41, 5.74) is 0. The van der Waals surface area contributed by atoms with Crippen molar-refractivity contribution >= 4 is 6.29 Å². The molecule has 0 aliphatic carbocycles. The maximum Gasteiger partial charge on any atom is 0.142 e. The first kappa shape index (κ1) is 14.8. The second kappa shape index (κ2) is 11.9. The van der Waals surface area contributed by atoms with Crippen LogP contribution in [-0.2, 0) is 4.79 Å². The summed E-state index contributed by atoms with van der Waals surface area (Å²) in [7, 11) is 0. The van der Waals surface area contributed by atoms with E-state index in [9.17, 15) is 9.90 Å². The van der Waals surface area contributed by atoms with Gasteiger partial charge in [-0.15, -0.1) is 0 Å². The van der Waals surface area contributed by atoms with E-state index in [1.165, 1.54) is 25.3 Å². The van der Waals surface area contributed by atoms with Crippen molar-refractivity contribution < 1.29 is 9.90 Å². The normalized spacial score (nSPS) is 14.1. The third-order valence-corrected chi connectivity index (χ3v) is 2.15. The van der Waals surface area contributed by atoms with Gasteiger partial charge >= 0.3 is 0 Å². The Kier molecular flexibility index (Phi) is 11.1. The van der Waals surface area contributed by atoms with Gasteiger partial charge in [0.2, 0.25) is 0 Å². The molecule has 1 atom stereocenters. The summed E-state index contributed by atoms with van der Waals surface area (Å²) in [5.74, 6) is 0. The molecule has 90 valence electrons. The van der Waals surface area contributed by atoms with Gasteiger partial charge in [-0.2, -0.15) is 0 Å². The second-order valence-electron chi connectivity index (χ2n) is 3.68. The van der Waals surface area contributed by atoms with Crippen LogP contribution in [0.1, 0.15) is 39.0 Å². The van der Waals surface area contributed by atoms with Crippen molar-refractivity contribution in [3.8, 4) is 0 Å². The van der Waals surface area contributed by atoms with Gasteiger partial charge in [-0.1, -0.05) is 50.1 Å². The molecule has 0 aliphatic rings. The minimum atomic E-state index is -0.460. The van der Waals surface area contributed by atoms with Gasteiger partial charge in [0.15, 0.2) is 0 Å². The summed E-state index contributed by atoms with van der Waals surface area (Å²) < 4.78 is 0. The Hall–Kier alpha value is -1.15. The monoisotopic (exact) mass is 222 g/mol. The Morgan fingerprint density at radius 3 is 2.62 bits per heavy atom. The lowest BCUT2D eigenvalue weighted by Crippen LogP contribution is -1.98. The number of aldehydes is 1. The molecule has 2 nitrogen and oxygen atoms in total. The van der Waals surface area contributed by atoms with Crippen molar-refractivity contribution in [2.24, 2.45) is 0 Å². The van der Waals surface area contributed by atoms with Crippen LogP contribution in [0.15, 0.2) is 36.5 Å². The van der Waals surface area contributed by atoms with Gasteiger partial charge in [0.1, 0.15) is 6.29 Å². The van der Waals surface area contributed by atoms with E-state index in [1.807, 2.05) is 6.08 Å². The minimum Gasteiger partial charge on any atom is -0.389 e. The second-order valence-corrected chi connectivity index (χ2v) is 3.68. The van der Waals surface area contributed by atoms with Crippen molar-refractivity contribution in [1.82, 2.24) is 0 Å². The molecule has 0 spiro atoms. The van der Waals surface area contributed by atoms with E-state index >= 15 is 0 Å². The molecule has 0 bridgehead atoms. The van der Waals surface area contributed by atoms with E-state index in [1.54, 1.807) is 18.2 Å². The van der Waals surface area contributed by atoms with Gasteiger partial charge in [-0.3, -0.25) is 4.79 Å². The fourth-order valence-electron chi connectivity index (χ4n) is 1.25. The first-order valence-corrected chi connectivity index (χ1v) is 5.93. The van der Waals surface area contributed by atoms with Crippen LogP contribution in [-0.4, -0.2) is 17.5 Å². The molecule has 0 heterocycles. The molecule has 0 saturated carbocycles. The van der Waals surface area contributed by atoms with Crippen LogP contribution in [0.4, 0.5) is 0 Å². The molecule has 0 aliphatic heterocycles. The lowest BCUT2D eigenvalue weighted by Gasteiger charge is -1.99. The van der Waals surface area contributed by atoms with Crippen LogP contribution < -0.4 is 0 Å². The van der Waals surface area contributed by atoms with E-state index in [-0.39, 0.29) is 0 Å². The fourth-order valence-corrected chi connectivity index (χ4v) is 1.25. The SMILES string of the molecule is CCCCC/C=C\C[C@@H](O)/C=C/C=C/C=O. The van der Waals surface area contributed by atoms with Crippen LogP contribution in [0.3, 0.4) is 0 Å². The van der Waals surface area contributed by atoms with Crippen molar-refractivity contribution in [1.29, 1.82) is 0 Å². The van der Waals surface area contributed by atoms with Gasteiger partial charge < -0.3 is 5.11 Å². The number of hydrogen-bond acceptors (Lipinski definition) is 2. The molecule has 0 aromatic carbocycles. The number of rotatable bonds is 9. The Bertz CT molecular complexity index is 239. The third-order valence-electron chi connectivity index (χ3n) is 2.15. The van der Waals surface area contributed by atoms with Gasteiger partial charge in [0.05, 0.1) is 6.10 Å². The fraction of sp³-hybridized carbons (Fsp3) is 0.500. The average Bonchev–Trinajstić information content (AvgIpc) is 2.29. The summed E-state index contributed by atoms with van der Waals surface area (Å²) in [5, 5.41) is 9.49. The summed E-state index contributed by atoms with van der Waals surface area (Å²) in [6, 6.07) is 0. The molecule has 2 heteroatoms. The van der Waals surface area contributed by atoms with Crippen LogP contribution in [0.5, 0.6) is 0 Å². The highest BCUT2D eigenvalue weighted by Crippen LogP contribution is 2.02. The Balaban J connectivity index is 3.55. The summed E-state index contributed by atoms with van der Waals surface area (Å²) in [4.78, 5) is 9.95. The first-order chi connectivity index (χ1) is 7.81. The number of hydrogen-bond donors (Lipinski definition) is 1. The Labute approximate surface area is 98.4 Å². The maximum absolute atomic E-state index is 9.95. The van der Waals surface area contributed by atoms with Gasteiger partial charge in [0, 0.05) is 0 Å². The zero-order chi connectivity index (χ0) is 12.1. The third kappa shape index (κ3) is 10.9. The highest BCUT2D eigenvalue weighted by atomic mass is 16.3. The largest absolute Gasteiger partial charge is 0.389 e. The minimum absolute atomic E-state index is 0.460. The molecule has 16 heavy (non-hydrogen) atoms. The number of aliphatic hydroxyl groups is 1. The maximum atomic E-state index is 9.95. The Morgan fingerprint density at radius 1 is 1.12 bits per heavy atom. The predicted molar refractivity (Wildman–Crippen MR) is 68.2 cm³/mol. The molecule has 0 aromatic heterocycles. The quantitative estimate of drug-likeness (QED) is 0.214. The summed E-state index contributed by atoms with van der Waals surface area (Å²) in [6.07, 6.45) is 16.2. The highest BCUT2D eigenvalue weighted by Gasteiger charge is 1.92. The molecule has 0 aromatic rings. The summed E-state index contributed by atoms with van der Waals surface area (Å²) >= 11 is 0. The standard InChI is InChI=1S/C14H22O2/c1-2-3-4-5-6-8-11-14(16)12-9-7-10-13-15/h6-10,12-14,16H,2-5,11H2,1H3/b8-6-,10-7+,12-9+/t14-/m1/s1. The van der Waals surface area contributed by atoms with Crippen LogP contribution in [0.25, 0.3) is 0 Å². The molecular formula is C14H22O2. The highest BCUT2D eigenvalue weighted by molar-refractivity contribution is 5.65. The molecular weight excluding hydrogens is 200 g/mol. The molecule has 0 rings (SSSR count). The number of allylic oxidation sites excluding steroid dienone is 4. The smallest absolute Gasteiger partial charge is 0.142 e. The van der Waals surface area contributed by atoms with Crippen molar-refractivity contribution in [2.45, 2.75) is 45.1 Å². The number of aliphatic hydroxyl groups excluding tert-OH is 1. The van der Waals surface area contributed by atoms with E-state index in [2.05, 4.69) is 13.0 Å². The lowest BCUT2D eigenvalue weighted by atomic mass is 10.1. The van der Waals surface area contributed by atoms with E-state index < -0.39 is 6.10 Å². The van der Waals surface area contributed by atoms with Gasteiger partial charge in [0.25, 0.3) is 0 Å². The lowest BCUT2D eigenvalue weighted by molar-refractivity contribution is -0.104. The average molecular weight is 222 g/mol.